The number of benzene rings is 2. The molecule has 0 fully saturated rings. The van der Waals surface area contributed by atoms with Crippen LogP contribution in [-0.2, 0) is 13.2 Å². The van der Waals surface area contributed by atoms with E-state index >= 15 is 0 Å². The van der Waals surface area contributed by atoms with E-state index in [1.807, 2.05) is 0 Å². The maximum atomic E-state index is 13.0. The molecule has 0 bridgehead atoms. The zero-order chi connectivity index (χ0) is 16.6. The Morgan fingerprint density at radius 3 is 2.35 bits per heavy atom. The highest BCUT2D eigenvalue weighted by atomic mass is 19.4. The van der Waals surface area contributed by atoms with Crippen molar-refractivity contribution in [3.8, 4) is 22.5 Å². The van der Waals surface area contributed by atoms with Gasteiger partial charge in [-0.05, 0) is 29.3 Å². The van der Waals surface area contributed by atoms with Gasteiger partial charge >= 0.3 is 6.18 Å². The van der Waals surface area contributed by atoms with Gasteiger partial charge in [0.25, 0.3) is 0 Å². The van der Waals surface area contributed by atoms with Gasteiger partial charge < -0.3 is 10.3 Å². The number of rotatable bonds is 2. The first kappa shape index (κ1) is 15.1. The number of hydrogen-bond acceptors (Lipinski definition) is 3. The first-order valence-electron chi connectivity index (χ1n) is 6.78. The smallest absolute Gasteiger partial charge is 0.399 e. The molecule has 0 radical (unpaired) electrons. The van der Waals surface area contributed by atoms with E-state index in [9.17, 15) is 13.2 Å². The number of hydrogen-bond donors (Lipinski definition) is 1. The van der Waals surface area contributed by atoms with Crippen LogP contribution in [0.3, 0.4) is 0 Å². The van der Waals surface area contributed by atoms with Crippen molar-refractivity contribution in [3.05, 3.63) is 54.4 Å². The Kier molecular flexibility index (Phi) is 3.55. The Morgan fingerprint density at radius 1 is 1.04 bits per heavy atom. The van der Waals surface area contributed by atoms with Gasteiger partial charge in [0.05, 0.1) is 5.56 Å². The molecular formula is C16H13F3N4. The minimum Gasteiger partial charge on any atom is -0.399 e. The maximum Gasteiger partial charge on any atom is 0.416 e. The zero-order valence-electron chi connectivity index (χ0n) is 12.2. The van der Waals surface area contributed by atoms with Gasteiger partial charge in [-0.15, -0.1) is 10.2 Å². The number of halogens is 3. The molecule has 0 unspecified atom stereocenters. The standard InChI is InChI=1S/C16H13F3N4/c1-23-9-21-22-15(23)14-5-3-2-4-13(14)10-6-11(16(17,18)19)8-12(20)7-10/h2-9H,20H2,1H3. The Balaban J connectivity index is 2.21. The molecule has 3 rings (SSSR count). The topological polar surface area (TPSA) is 56.7 Å². The van der Waals surface area contributed by atoms with E-state index in [0.29, 0.717) is 22.5 Å². The lowest BCUT2D eigenvalue weighted by molar-refractivity contribution is -0.137. The molecule has 0 spiro atoms. The van der Waals surface area contributed by atoms with Gasteiger partial charge in [-0.1, -0.05) is 24.3 Å². The summed E-state index contributed by atoms with van der Waals surface area (Å²) in [6, 6.07) is 10.6. The van der Waals surface area contributed by atoms with Crippen LogP contribution in [0.1, 0.15) is 5.56 Å². The molecule has 3 aromatic rings. The number of aryl methyl sites for hydroxylation is 1. The van der Waals surface area contributed by atoms with Crippen molar-refractivity contribution >= 4 is 5.69 Å². The molecule has 0 saturated carbocycles. The van der Waals surface area contributed by atoms with Crippen molar-refractivity contribution < 1.29 is 13.2 Å². The molecule has 0 aliphatic carbocycles. The average Bonchev–Trinajstić information content (AvgIpc) is 2.92. The average molecular weight is 318 g/mol. The van der Waals surface area contributed by atoms with Crippen molar-refractivity contribution in [1.82, 2.24) is 14.8 Å². The highest BCUT2D eigenvalue weighted by Gasteiger charge is 2.31. The predicted molar refractivity (Wildman–Crippen MR) is 81.3 cm³/mol. The van der Waals surface area contributed by atoms with Gasteiger partial charge in [-0.2, -0.15) is 13.2 Å². The van der Waals surface area contributed by atoms with Crippen LogP contribution in [0, 0.1) is 0 Å². The summed E-state index contributed by atoms with van der Waals surface area (Å²) in [6.45, 7) is 0. The molecule has 2 aromatic carbocycles. The summed E-state index contributed by atoms with van der Waals surface area (Å²) in [7, 11) is 1.77. The third-order valence-electron chi connectivity index (χ3n) is 3.47. The van der Waals surface area contributed by atoms with Gasteiger partial charge in [0, 0.05) is 18.3 Å². The van der Waals surface area contributed by atoms with Crippen LogP contribution in [0.5, 0.6) is 0 Å². The minimum atomic E-state index is -4.45. The molecule has 0 atom stereocenters. The highest BCUT2D eigenvalue weighted by Crippen LogP contribution is 2.37. The molecule has 1 heterocycles. The SMILES string of the molecule is Cn1cnnc1-c1ccccc1-c1cc(N)cc(C(F)(F)F)c1. The van der Waals surface area contributed by atoms with Crippen LogP contribution >= 0.6 is 0 Å². The van der Waals surface area contributed by atoms with Gasteiger partial charge in [-0.25, -0.2) is 0 Å². The number of aromatic nitrogens is 3. The molecule has 7 heteroatoms. The van der Waals surface area contributed by atoms with Crippen LogP contribution in [0.15, 0.2) is 48.8 Å². The number of alkyl halides is 3. The molecule has 118 valence electrons. The second-order valence-corrected chi connectivity index (χ2v) is 5.15. The summed E-state index contributed by atoms with van der Waals surface area (Å²) >= 11 is 0. The number of nitrogens with two attached hydrogens (primary N) is 1. The first-order chi connectivity index (χ1) is 10.9. The Labute approximate surface area is 130 Å². The Bertz CT molecular complexity index is 853. The normalized spacial score (nSPS) is 11.7. The quantitative estimate of drug-likeness (QED) is 0.732. The highest BCUT2D eigenvalue weighted by molar-refractivity contribution is 5.82. The van der Waals surface area contributed by atoms with Crippen molar-refractivity contribution in [3.63, 3.8) is 0 Å². The number of anilines is 1. The summed E-state index contributed by atoms with van der Waals surface area (Å²) < 4.78 is 40.8. The van der Waals surface area contributed by atoms with Crippen molar-refractivity contribution in [2.24, 2.45) is 7.05 Å². The molecule has 23 heavy (non-hydrogen) atoms. The molecule has 4 nitrogen and oxygen atoms in total. The van der Waals surface area contributed by atoms with Crippen molar-refractivity contribution in [2.75, 3.05) is 5.73 Å². The first-order valence-corrected chi connectivity index (χ1v) is 6.78. The van der Waals surface area contributed by atoms with Crippen LogP contribution in [0.4, 0.5) is 18.9 Å². The molecule has 0 amide bonds. The molecule has 2 N–H and O–H groups in total. The summed E-state index contributed by atoms with van der Waals surface area (Å²) in [6.07, 6.45) is -2.92. The Morgan fingerprint density at radius 2 is 1.74 bits per heavy atom. The van der Waals surface area contributed by atoms with E-state index in [2.05, 4.69) is 10.2 Å². The fourth-order valence-electron chi connectivity index (χ4n) is 2.43. The van der Waals surface area contributed by atoms with Crippen molar-refractivity contribution in [2.45, 2.75) is 6.18 Å². The minimum absolute atomic E-state index is 0.0580. The van der Waals surface area contributed by atoms with Crippen molar-refractivity contribution in [1.29, 1.82) is 0 Å². The summed E-state index contributed by atoms with van der Waals surface area (Å²) in [4.78, 5) is 0. The molecule has 1 aromatic heterocycles. The maximum absolute atomic E-state index is 13.0. The largest absolute Gasteiger partial charge is 0.416 e. The number of nitrogens with zero attached hydrogens (tertiary/aromatic N) is 3. The third-order valence-corrected chi connectivity index (χ3v) is 3.47. The lowest BCUT2D eigenvalue weighted by atomic mass is 9.97. The molecule has 0 saturated heterocycles. The zero-order valence-corrected chi connectivity index (χ0v) is 12.2. The van der Waals surface area contributed by atoms with E-state index in [1.54, 1.807) is 35.9 Å². The van der Waals surface area contributed by atoms with Gasteiger partial charge in [0.15, 0.2) is 5.82 Å². The monoisotopic (exact) mass is 318 g/mol. The van der Waals surface area contributed by atoms with Gasteiger partial charge in [-0.3, -0.25) is 0 Å². The summed E-state index contributed by atoms with van der Waals surface area (Å²) in [5.74, 6) is 0.566. The number of nitrogen functional groups attached to an aromatic ring is 1. The molecule has 0 aliphatic rings. The van der Waals surface area contributed by atoms with Crippen LogP contribution in [0.2, 0.25) is 0 Å². The lowest BCUT2D eigenvalue weighted by Crippen LogP contribution is -2.06. The Hall–Kier alpha value is -2.83. The third kappa shape index (κ3) is 2.90. The van der Waals surface area contributed by atoms with E-state index in [-0.39, 0.29) is 5.69 Å². The summed E-state index contributed by atoms with van der Waals surface area (Å²) in [5.41, 5.74) is 6.62. The second kappa shape index (κ2) is 5.42. The molecule has 0 aliphatic heterocycles. The van der Waals surface area contributed by atoms with Crippen LogP contribution < -0.4 is 5.73 Å². The second-order valence-electron chi connectivity index (χ2n) is 5.15. The van der Waals surface area contributed by atoms with E-state index < -0.39 is 11.7 Å². The predicted octanol–water partition coefficient (Wildman–Crippen LogP) is 3.75. The summed E-state index contributed by atoms with van der Waals surface area (Å²) in [5, 5.41) is 7.84. The fourth-order valence-corrected chi connectivity index (χ4v) is 2.43. The fraction of sp³-hybridized carbons (Fsp3) is 0.125. The van der Waals surface area contributed by atoms with E-state index in [1.165, 1.54) is 12.4 Å². The van der Waals surface area contributed by atoms with Gasteiger partial charge in [0.1, 0.15) is 6.33 Å². The van der Waals surface area contributed by atoms with Crippen LogP contribution in [-0.4, -0.2) is 14.8 Å². The molecular weight excluding hydrogens is 305 g/mol. The van der Waals surface area contributed by atoms with E-state index in [0.717, 1.165) is 12.1 Å². The van der Waals surface area contributed by atoms with Crippen LogP contribution in [0.25, 0.3) is 22.5 Å². The van der Waals surface area contributed by atoms with E-state index in [4.69, 9.17) is 5.73 Å². The van der Waals surface area contributed by atoms with Gasteiger partial charge in [0.2, 0.25) is 0 Å². The lowest BCUT2D eigenvalue weighted by Gasteiger charge is -2.13.